The molecule has 0 N–H and O–H groups in total. The number of rotatable bonds is 2. The molecule has 1 amide bonds. The van der Waals surface area contributed by atoms with Crippen molar-refractivity contribution < 1.29 is 9.53 Å². The maximum atomic E-state index is 12.3. The third kappa shape index (κ3) is 2.71. The topological polar surface area (TPSA) is 29.5 Å². The lowest BCUT2D eigenvalue weighted by molar-refractivity contribution is -0.135. The lowest BCUT2D eigenvalue weighted by Gasteiger charge is -2.28. The van der Waals surface area contributed by atoms with Crippen molar-refractivity contribution in [2.24, 2.45) is 5.92 Å². The van der Waals surface area contributed by atoms with Crippen LogP contribution in [-0.2, 0) is 9.53 Å². The van der Waals surface area contributed by atoms with Crippen molar-refractivity contribution in [3.8, 4) is 0 Å². The minimum atomic E-state index is 0.0895. The minimum Gasteiger partial charge on any atom is -0.381 e. The average molecular weight is 257 g/mol. The van der Waals surface area contributed by atoms with Crippen molar-refractivity contribution in [3.63, 3.8) is 0 Å². The molecule has 0 bridgehead atoms. The highest BCUT2D eigenvalue weighted by Crippen LogP contribution is 2.24. The first kappa shape index (κ1) is 12.4. The lowest BCUT2D eigenvalue weighted by atomic mass is 9.98. The van der Waals surface area contributed by atoms with E-state index in [-0.39, 0.29) is 11.8 Å². The van der Waals surface area contributed by atoms with Gasteiger partial charge in [-0.15, -0.1) is 0 Å². The van der Waals surface area contributed by atoms with Crippen LogP contribution in [0.5, 0.6) is 0 Å². The number of carbonyl (C=O) groups excluding carboxylic acids is 1. The fourth-order valence-corrected chi connectivity index (χ4v) is 2.77. The number of nitrogens with zero attached hydrogens (tertiary/aromatic N) is 1. The summed E-state index contributed by atoms with van der Waals surface area (Å²) >= 11 is 0. The Morgan fingerprint density at radius 2 is 2.11 bits per heavy atom. The smallest absolute Gasteiger partial charge is 0.228 e. The minimum absolute atomic E-state index is 0.0895. The second-order valence-corrected chi connectivity index (χ2v) is 5.19. The van der Waals surface area contributed by atoms with Crippen molar-refractivity contribution in [1.82, 2.24) is 4.90 Å². The Morgan fingerprint density at radius 3 is 2.74 bits per heavy atom. The number of hydrogen-bond donors (Lipinski definition) is 0. The van der Waals surface area contributed by atoms with Crippen LogP contribution in [0.4, 0.5) is 0 Å². The first-order valence-corrected chi connectivity index (χ1v) is 6.95. The van der Waals surface area contributed by atoms with E-state index in [1.54, 1.807) is 0 Å². The molecule has 1 saturated heterocycles. The molecule has 2 aliphatic heterocycles. The molecule has 0 aliphatic carbocycles. The van der Waals surface area contributed by atoms with E-state index >= 15 is 0 Å². The molecule has 0 spiro atoms. The van der Waals surface area contributed by atoms with E-state index in [1.165, 1.54) is 11.1 Å². The fraction of sp³-hybridized carbons (Fsp3) is 0.438. The maximum Gasteiger partial charge on any atom is 0.228 e. The predicted octanol–water partition coefficient (Wildman–Crippen LogP) is 2.34. The Hall–Kier alpha value is -1.61. The van der Waals surface area contributed by atoms with E-state index in [1.807, 2.05) is 11.0 Å². The molecule has 0 radical (unpaired) electrons. The van der Waals surface area contributed by atoms with Crippen LogP contribution in [0.1, 0.15) is 18.4 Å². The zero-order valence-electron chi connectivity index (χ0n) is 11.0. The SMILES string of the molecule is O=C(C1CCOC1)N1CC=C(c2ccccc2)CC1. The monoisotopic (exact) mass is 257 g/mol. The molecule has 0 saturated carbocycles. The normalized spacial score (nSPS) is 23.3. The van der Waals surface area contributed by atoms with Gasteiger partial charge >= 0.3 is 0 Å². The number of carbonyl (C=O) groups is 1. The molecule has 3 heteroatoms. The third-order valence-corrected chi connectivity index (χ3v) is 3.94. The summed E-state index contributed by atoms with van der Waals surface area (Å²) in [7, 11) is 0. The number of hydrogen-bond acceptors (Lipinski definition) is 2. The van der Waals surface area contributed by atoms with E-state index in [4.69, 9.17) is 4.74 Å². The van der Waals surface area contributed by atoms with Crippen molar-refractivity contribution in [3.05, 3.63) is 42.0 Å². The van der Waals surface area contributed by atoms with Gasteiger partial charge in [0, 0.05) is 19.7 Å². The van der Waals surface area contributed by atoms with Gasteiger partial charge in [0.2, 0.25) is 5.91 Å². The molecule has 0 aromatic heterocycles. The Morgan fingerprint density at radius 1 is 1.26 bits per heavy atom. The summed E-state index contributed by atoms with van der Waals surface area (Å²) in [4.78, 5) is 14.2. The van der Waals surface area contributed by atoms with Gasteiger partial charge in [0.25, 0.3) is 0 Å². The van der Waals surface area contributed by atoms with Gasteiger partial charge in [-0.25, -0.2) is 0 Å². The summed E-state index contributed by atoms with van der Waals surface area (Å²) in [6.45, 7) is 2.90. The zero-order chi connectivity index (χ0) is 13.1. The molecule has 3 nitrogen and oxygen atoms in total. The van der Waals surface area contributed by atoms with Gasteiger partial charge in [-0.2, -0.15) is 0 Å². The van der Waals surface area contributed by atoms with Crippen LogP contribution < -0.4 is 0 Å². The fourth-order valence-electron chi connectivity index (χ4n) is 2.77. The van der Waals surface area contributed by atoms with Crippen LogP contribution in [0, 0.1) is 5.92 Å². The highest BCUT2D eigenvalue weighted by molar-refractivity contribution is 5.80. The van der Waals surface area contributed by atoms with Gasteiger partial charge < -0.3 is 9.64 Å². The first-order valence-electron chi connectivity index (χ1n) is 6.95. The van der Waals surface area contributed by atoms with Crippen LogP contribution >= 0.6 is 0 Å². The van der Waals surface area contributed by atoms with Crippen molar-refractivity contribution in [2.45, 2.75) is 12.8 Å². The van der Waals surface area contributed by atoms with E-state index in [2.05, 4.69) is 30.3 Å². The van der Waals surface area contributed by atoms with E-state index < -0.39 is 0 Å². The molecule has 1 aromatic carbocycles. The molecule has 1 aromatic rings. The standard InChI is InChI=1S/C16H19NO2/c18-16(15-8-11-19-12-15)17-9-6-14(7-10-17)13-4-2-1-3-5-13/h1-6,15H,7-12H2. The van der Waals surface area contributed by atoms with Gasteiger partial charge in [-0.1, -0.05) is 36.4 Å². The molecule has 19 heavy (non-hydrogen) atoms. The Labute approximate surface area is 113 Å². The average Bonchev–Trinajstić information content (AvgIpc) is 3.02. The summed E-state index contributed by atoms with van der Waals surface area (Å²) in [5, 5.41) is 0. The number of ether oxygens (including phenoxy) is 1. The predicted molar refractivity (Wildman–Crippen MR) is 74.5 cm³/mol. The Kier molecular flexibility index (Phi) is 3.65. The molecule has 2 heterocycles. The van der Waals surface area contributed by atoms with Crippen LogP contribution in [0.3, 0.4) is 0 Å². The molecule has 1 atom stereocenters. The second kappa shape index (κ2) is 5.57. The van der Waals surface area contributed by atoms with Gasteiger partial charge in [0.1, 0.15) is 0 Å². The van der Waals surface area contributed by atoms with Gasteiger partial charge in [0.15, 0.2) is 0 Å². The molecule has 1 unspecified atom stereocenters. The van der Waals surface area contributed by atoms with Crippen molar-refractivity contribution >= 4 is 11.5 Å². The highest BCUT2D eigenvalue weighted by atomic mass is 16.5. The van der Waals surface area contributed by atoms with Crippen LogP contribution in [0.2, 0.25) is 0 Å². The highest BCUT2D eigenvalue weighted by Gasteiger charge is 2.28. The Bertz CT molecular complexity index is 475. The van der Waals surface area contributed by atoms with Crippen LogP contribution in [0.25, 0.3) is 5.57 Å². The summed E-state index contributed by atoms with van der Waals surface area (Å²) in [6.07, 6.45) is 4.01. The summed E-state index contributed by atoms with van der Waals surface area (Å²) < 4.78 is 5.30. The quantitative estimate of drug-likeness (QED) is 0.814. The zero-order valence-corrected chi connectivity index (χ0v) is 11.0. The summed E-state index contributed by atoms with van der Waals surface area (Å²) in [5.74, 6) is 0.354. The summed E-state index contributed by atoms with van der Waals surface area (Å²) in [5.41, 5.74) is 2.63. The van der Waals surface area contributed by atoms with Crippen LogP contribution in [0.15, 0.2) is 36.4 Å². The maximum absolute atomic E-state index is 12.3. The van der Waals surface area contributed by atoms with Gasteiger partial charge in [-0.05, 0) is 24.0 Å². The largest absolute Gasteiger partial charge is 0.381 e. The van der Waals surface area contributed by atoms with Crippen molar-refractivity contribution in [1.29, 1.82) is 0 Å². The van der Waals surface area contributed by atoms with Gasteiger partial charge in [-0.3, -0.25) is 4.79 Å². The van der Waals surface area contributed by atoms with E-state index in [0.717, 1.165) is 32.5 Å². The molecular formula is C16H19NO2. The third-order valence-electron chi connectivity index (χ3n) is 3.94. The first-order chi connectivity index (χ1) is 9.34. The van der Waals surface area contributed by atoms with E-state index in [9.17, 15) is 4.79 Å². The molecular weight excluding hydrogens is 238 g/mol. The lowest BCUT2D eigenvalue weighted by Crippen LogP contribution is -2.39. The molecule has 2 aliphatic rings. The van der Waals surface area contributed by atoms with E-state index in [0.29, 0.717) is 6.61 Å². The number of amides is 1. The van der Waals surface area contributed by atoms with Gasteiger partial charge in [0.05, 0.1) is 12.5 Å². The molecule has 1 fully saturated rings. The molecule has 100 valence electrons. The van der Waals surface area contributed by atoms with Crippen LogP contribution in [-0.4, -0.2) is 37.1 Å². The van der Waals surface area contributed by atoms with Crippen molar-refractivity contribution in [2.75, 3.05) is 26.3 Å². The second-order valence-electron chi connectivity index (χ2n) is 5.19. The molecule has 3 rings (SSSR count). The summed E-state index contributed by atoms with van der Waals surface area (Å²) in [6, 6.07) is 10.4. The number of benzene rings is 1. The Balaban J connectivity index is 1.65.